The van der Waals surface area contributed by atoms with E-state index < -0.39 is 0 Å². The molecule has 3 rings (SSSR count). The van der Waals surface area contributed by atoms with Crippen LogP contribution < -0.4 is 4.90 Å². The van der Waals surface area contributed by atoms with Crippen LogP contribution in [0.2, 0.25) is 0 Å². The lowest BCUT2D eigenvalue weighted by atomic mass is 10.1. The topological polar surface area (TPSA) is 20.3 Å². The van der Waals surface area contributed by atoms with Crippen molar-refractivity contribution in [2.45, 2.75) is 11.7 Å². The summed E-state index contributed by atoms with van der Waals surface area (Å²) in [6, 6.07) is 17.6. The van der Waals surface area contributed by atoms with Gasteiger partial charge >= 0.3 is 0 Å². The molecule has 1 aliphatic heterocycles. The van der Waals surface area contributed by atoms with Crippen molar-refractivity contribution in [3.8, 4) is 0 Å². The predicted octanol–water partition coefficient (Wildman–Crippen LogP) is 4.43. The molecule has 1 heterocycles. The van der Waals surface area contributed by atoms with E-state index in [9.17, 15) is 4.79 Å². The molecule has 1 unspecified atom stereocenters. The second-order valence-corrected chi connectivity index (χ2v) is 7.46. The third-order valence-electron chi connectivity index (χ3n) is 3.27. The Bertz CT molecular complexity index is 672. The maximum atomic E-state index is 12.6. The minimum absolute atomic E-state index is 0.0686. The van der Waals surface area contributed by atoms with Crippen LogP contribution in [0.15, 0.2) is 59.1 Å². The van der Waals surface area contributed by atoms with Crippen LogP contribution in [-0.4, -0.2) is 15.5 Å². The highest BCUT2D eigenvalue weighted by Gasteiger charge is 2.37. The molecule has 0 radical (unpaired) electrons. The number of carbonyl (C=O) groups excluding carboxylic acids is 1. The summed E-state index contributed by atoms with van der Waals surface area (Å²) < 4.78 is 1.67. The zero-order valence-corrected chi connectivity index (χ0v) is 14.2. The van der Waals surface area contributed by atoms with Crippen molar-refractivity contribution in [1.82, 2.24) is 0 Å². The first-order valence-electron chi connectivity index (χ1n) is 6.49. The van der Waals surface area contributed by atoms with E-state index in [-0.39, 0.29) is 11.2 Å². The lowest BCUT2D eigenvalue weighted by molar-refractivity contribution is -0.116. The lowest BCUT2D eigenvalue weighted by Crippen LogP contribution is -2.31. The maximum absolute atomic E-state index is 12.6. The van der Waals surface area contributed by atoms with Crippen LogP contribution in [0.5, 0.6) is 0 Å². The minimum Gasteiger partial charge on any atom is -0.273 e. The van der Waals surface area contributed by atoms with Crippen molar-refractivity contribution >= 4 is 55.8 Å². The van der Waals surface area contributed by atoms with Gasteiger partial charge < -0.3 is 0 Å². The number of thioether (sulfide) groups is 1. The molecule has 0 spiro atoms. The highest BCUT2D eigenvalue weighted by Crippen LogP contribution is 2.33. The van der Waals surface area contributed by atoms with Crippen molar-refractivity contribution in [1.29, 1.82) is 0 Å². The Morgan fingerprint density at radius 1 is 1.10 bits per heavy atom. The molecule has 1 aliphatic rings. The van der Waals surface area contributed by atoms with Crippen LogP contribution >= 0.6 is 39.9 Å². The van der Waals surface area contributed by atoms with E-state index in [1.807, 2.05) is 54.6 Å². The van der Waals surface area contributed by atoms with Crippen molar-refractivity contribution in [2.24, 2.45) is 0 Å². The van der Waals surface area contributed by atoms with E-state index in [0.717, 1.165) is 15.7 Å². The molecule has 21 heavy (non-hydrogen) atoms. The normalized spacial score (nSPS) is 18.3. The van der Waals surface area contributed by atoms with Gasteiger partial charge in [0.25, 0.3) is 0 Å². The Kier molecular flexibility index (Phi) is 4.42. The van der Waals surface area contributed by atoms with Gasteiger partial charge in [-0.25, -0.2) is 0 Å². The van der Waals surface area contributed by atoms with Gasteiger partial charge in [0.1, 0.15) is 4.32 Å². The highest BCUT2D eigenvalue weighted by molar-refractivity contribution is 9.10. The zero-order chi connectivity index (χ0) is 14.8. The van der Waals surface area contributed by atoms with Crippen LogP contribution in [0.1, 0.15) is 5.56 Å². The van der Waals surface area contributed by atoms with Crippen LogP contribution in [-0.2, 0) is 11.2 Å². The fourth-order valence-electron chi connectivity index (χ4n) is 2.23. The largest absolute Gasteiger partial charge is 0.273 e. The van der Waals surface area contributed by atoms with Crippen LogP contribution in [0.25, 0.3) is 0 Å². The Morgan fingerprint density at radius 2 is 1.76 bits per heavy atom. The lowest BCUT2D eigenvalue weighted by Gasteiger charge is -2.15. The van der Waals surface area contributed by atoms with E-state index in [1.54, 1.807) is 4.90 Å². The number of anilines is 1. The average Bonchev–Trinajstić information content (AvgIpc) is 2.77. The van der Waals surface area contributed by atoms with Gasteiger partial charge in [0.05, 0.1) is 10.9 Å². The van der Waals surface area contributed by atoms with Crippen molar-refractivity contribution in [3.05, 3.63) is 64.6 Å². The van der Waals surface area contributed by atoms with E-state index in [0.29, 0.717) is 10.7 Å². The van der Waals surface area contributed by atoms with E-state index >= 15 is 0 Å². The van der Waals surface area contributed by atoms with Gasteiger partial charge in [0.2, 0.25) is 5.91 Å². The number of thiocarbonyl (C=S) groups is 1. The molecular formula is C16H12BrNOS2. The first kappa shape index (κ1) is 14.8. The van der Waals surface area contributed by atoms with Crippen molar-refractivity contribution < 1.29 is 4.79 Å². The van der Waals surface area contributed by atoms with Crippen molar-refractivity contribution in [3.63, 3.8) is 0 Å². The summed E-state index contributed by atoms with van der Waals surface area (Å²) in [5.74, 6) is 0.0686. The number of rotatable bonds is 3. The molecule has 1 fully saturated rings. The molecule has 2 aromatic carbocycles. The second kappa shape index (κ2) is 6.30. The van der Waals surface area contributed by atoms with Gasteiger partial charge in [-0.2, -0.15) is 0 Å². The fourth-order valence-corrected chi connectivity index (χ4v) is 4.07. The van der Waals surface area contributed by atoms with Gasteiger partial charge in [-0.1, -0.05) is 70.2 Å². The number of nitrogens with zero attached hydrogens (tertiary/aromatic N) is 1. The molecule has 0 aromatic heterocycles. The summed E-state index contributed by atoms with van der Waals surface area (Å²) in [5, 5.41) is -0.140. The summed E-state index contributed by atoms with van der Waals surface area (Å²) in [5.41, 5.74) is 1.99. The first-order chi connectivity index (χ1) is 10.1. The summed E-state index contributed by atoms with van der Waals surface area (Å²) in [6.45, 7) is 0. The third-order valence-corrected chi connectivity index (χ3v) is 5.31. The Balaban J connectivity index is 1.79. The number of benzene rings is 2. The van der Waals surface area contributed by atoms with E-state index in [2.05, 4.69) is 15.9 Å². The SMILES string of the molecule is O=C1C(Cc2ccc(Br)cc2)SC(=S)N1c1ccccc1. The zero-order valence-electron chi connectivity index (χ0n) is 11.0. The number of carbonyl (C=O) groups is 1. The summed E-state index contributed by atoms with van der Waals surface area (Å²) in [4.78, 5) is 14.2. The summed E-state index contributed by atoms with van der Waals surface area (Å²) >= 11 is 10.3. The molecular weight excluding hydrogens is 366 g/mol. The maximum Gasteiger partial charge on any atom is 0.246 e. The van der Waals surface area contributed by atoms with Gasteiger partial charge in [-0.15, -0.1) is 0 Å². The molecule has 5 heteroatoms. The van der Waals surface area contributed by atoms with Crippen LogP contribution in [0.4, 0.5) is 5.69 Å². The summed E-state index contributed by atoms with van der Waals surface area (Å²) in [7, 11) is 0. The fraction of sp³-hybridized carbons (Fsp3) is 0.125. The number of hydrogen-bond acceptors (Lipinski definition) is 3. The average molecular weight is 378 g/mol. The highest BCUT2D eigenvalue weighted by atomic mass is 79.9. The first-order valence-corrected chi connectivity index (χ1v) is 8.57. The molecule has 1 amide bonds. The smallest absolute Gasteiger partial charge is 0.246 e. The monoisotopic (exact) mass is 377 g/mol. The van der Waals surface area contributed by atoms with E-state index in [4.69, 9.17) is 12.2 Å². The molecule has 2 nitrogen and oxygen atoms in total. The van der Waals surface area contributed by atoms with Crippen LogP contribution in [0, 0.1) is 0 Å². The number of hydrogen-bond donors (Lipinski definition) is 0. The van der Waals surface area contributed by atoms with Gasteiger partial charge in [0.15, 0.2) is 0 Å². The quantitative estimate of drug-likeness (QED) is 0.738. The van der Waals surface area contributed by atoms with Crippen LogP contribution in [0.3, 0.4) is 0 Å². The molecule has 0 aliphatic carbocycles. The molecule has 1 atom stereocenters. The number of para-hydroxylation sites is 1. The van der Waals surface area contributed by atoms with Crippen molar-refractivity contribution in [2.75, 3.05) is 4.90 Å². The minimum atomic E-state index is -0.140. The Morgan fingerprint density at radius 3 is 2.43 bits per heavy atom. The number of amides is 1. The molecule has 2 aromatic rings. The third kappa shape index (κ3) is 3.20. The Hall–Kier alpha value is -1.17. The predicted molar refractivity (Wildman–Crippen MR) is 95.8 cm³/mol. The Labute approximate surface area is 141 Å². The summed E-state index contributed by atoms with van der Waals surface area (Å²) in [6.07, 6.45) is 0.695. The molecule has 106 valence electrons. The molecule has 0 N–H and O–H groups in total. The van der Waals surface area contributed by atoms with Gasteiger partial charge in [0, 0.05) is 4.47 Å². The van der Waals surface area contributed by atoms with Gasteiger partial charge in [-0.3, -0.25) is 9.69 Å². The number of halogens is 1. The van der Waals surface area contributed by atoms with Gasteiger partial charge in [-0.05, 0) is 36.2 Å². The second-order valence-electron chi connectivity index (χ2n) is 4.71. The van der Waals surface area contributed by atoms with E-state index in [1.165, 1.54) is 11.8 Å². The standard InChI is InChI=1S/C16H12BrNOS2/c17-12-8-6-11(7-9-12)10-14-15(19)18(16(20)21-14)13-4-2-1-3-5-13/h1-9,14H,10H2. The molecule has 0 bridgehead atoms. The molecule has 1 saturated heterocycles. The molecule has 0 saturated carbocycles.